The number of carbonyl (C=O) groups is 2. The third kappa shape index (κ3) is 5.28. The summed E-state index contributed by atoms with van der Waals surface area (Å²) >= 11 is 13.3. The Morgan fingerprint density at radius 2 is 1.76 bits per heavy atom. The fourth-order valence-electron chi connectivity index (χ4n) is 3.52. The second kappa shape index (κ2) is 10.4. The molecule has 3 aromatic carbocycles. The van der Waals surface area contributed by atoms with Gasteiger partial charge in [0.2, 0.25) is 5.91 Å². The van der Waals surface area contributed by atoms with E-state index >= 15 is 0 Å². The lowest BCUT2D eigenvalue weighted by Gasteiger charge is -2.19. The van der Waals surface area contributed by atoms with Gasteiger partial charge >= 0.3 is 0 Å². The molecule has 1 N–H and O–H groups in total. The van der Waals surface area contributed by atoms with Crippen molar-refractivity contribution < 1.29 is 9.59 Å². The summed E-state index contributed by atoms with van der Waals surface area (Å²) in [6.45, 7) is 1.94. The van der Waals surface area contributed by atoms with Crippen LogP contribution in [0.2, 0.25) is 10.0 Å². The van der Waals surface area contributed by atoms with E-state index in [2.05, 4.69) is 5.32 Å². The predicted octanol–water partition coefficient (Wildman–Crippen LogP) is 6.37. The second-order valence-electron chi connectivity index (χ2n) is 7.70. The molecule has 0 radical (unpaired) electrons. The first-order valence-electron chi connectivity index (χ1n) is 10.4. The summed E-state index contributed by atoms with van der Waals surface area (Å²) in [5, 5.41) is 13.5. The number of halogens is 2. The quantitative estimate of drug-likeness (QED) is 0.321. The number of nitrogens with zero attached hydrogens (tertiary/aromatic N) is 2. The van der Waals surface area contributed by atoms with Crippen molar-refractivity contribution in [1.29, 1.82) is 5.26 Å². The van der Waals surface area contributed by atoms with Gasteiger partial charge in [-0.1, -0.05) is 64.8 Å². The molecule has 0 saturated carbocycles. The molecule has 0 bridgehead atoms. The lowest BCUT2D eigenvalue weighted by molar-refractivity contribution is -0.117. The summed E-state index contributed by atoms with van der Waals surface area (Å²) in [4.78, 5) is 28.0. The highest BCUT2D eigenvalue weighted by molar-refractivity contribution is 8.05. The van der Waals surface area contributed by atoms with E-state index in [0.29, 0.717) is 27.8 Å². The Kier molecular flexibility index (Phi) is 7.28. The highest BCUT2D eigenvalue weighted by Crippen LogP contribution is 2.42. The Morgan fingerprint density at radius 1 is 1.06 bits per heavy atom. The van der Waals surface area contributed by atoms with Gasteiger partial charge in [0, 0.05) is 21.4 Å². The molecule has 1 heterocycles. The SMILES string of the molecule is Cc1ccc(NC(=O)/C(C#N)=C2\S[C@H](Cc3cccc(Cl)c3)C(=O)N2c2ccc(Cl)cc2)cc1. The zero-order chi connectivity index (χ0) is 24.2. The molecule has 2 amide bonds. The fourth-order valence-corrected chi connectivity index (χ4v) is 5.17. The number of carbonyl (C=O) groups excluding carboxylic acids is 2. The standard InChI is InChI=1S/C26H19Cl2N3O2S/c1-16-5-9-20(10-6-16)30-24(32)22(15-29)26-31(21-11-7-18(27)8-12-21)25(33)23(34-26)14-17-3-2-4-19(28)13-17/h2-13,23H,14H2,1H3,(H,30,32)/b26-22-/t23-/m1/s1. The van der Waals surface area contributed by atoms with E-state index in [0.717, 1.165) is 11.1 Å². The number of nitriles is 1. The van der Waals surface area contributed by atoms with Crippen LogP contribution in [0.15, 0.2) is 83.4 Å². The van der Waals surface area contributed by atoms with Crippen LogP contribution in [0.5, 0.6) is 0 Å². The maximum Gasteiger partial charge on any atom is 0.269 e. The number of rotatable bonds is 5. The first-order valence-corrected chi connectivity index (χ1v) is 12.0. The minimum Gasteiger partial charge on any atom is -0.321 e. The lowest BCUT2D eigenvalue weighted by atomic mass is 10.1. The zero-order valence-corrected chi connectivity index (χ0v) is 20.4. The number of hydrogen-bond acceptors (Lipinski definition) is 4. The summed E-state index contributed by atoms with van der Waals surface area (Å²) in [6, 6.07) is 23.3. The van der Waals surface area contributed by atoms with Crippen molar-refractivity contribution in [2.24, 2.45) is 0 Å². The van der Waals surface area contributed by atoms with E-state index in [1.54, 1.807) is 48.5 Å². The fraction of sp³-hybridized carbons (Fsp3) is 0.115. The molecular formula is C26H19Cl2N3O2S. The summed E-state index contributed by atoms with van der Waals surface area (Å²) in [7, 11) is 0. The average molecular weight is 508 g/mol. The molecule has 8 heteroatoms. The van der Waals surface area contributed by atoms with Crippen LogP contribution in [0, 0.1) is 18.3 Å². The average Bonchev–Trinajstić information content (AvgIpc) is 3.12. The molecule has 4 rings (SSSR count). The van der Waals surface area contributed by atoms with E-state index in [4.69, 9.17) is 23.2 Å². The first kappa shape index (κ1) is 23.9. The van der Waals surface area contributed by atoms with Crippen molar-refractivity contribution in [1.82, 2.24) is 0 Å². The number of aryl methyl sites for hydroxylation is 1. The van der Waals surface area contributed by atoms with Crippen LogP contribution in [0.25, 0.3) is 0 Å². The summed E-state index contributed by atoms with van der Waals surface area (Å²) in [5.41, 5.74) is 2.89. The molecule has 170 valence electrons. The normalized spacial score (nSPS) is 16.8. The first-order chi connectivity index (χ1) is 16.4. The molecule has 1 atom stereocenters. The Hall–Kier alpha value is -3.24. The van der Waals surface area contributed by atoms with E-state index < -0.39 is 11.2 Å². The topological polar surface area (TPSA) is 73.2 Å². The number of benzene rings is 3. The Bertz CT molecular complexity index is 1320. The maximum absolute atomic E-state index is 13.5. The van der Waals surface area contributed by atoms with Crippen molar-refractivity contribution in [3.05, 3.63) is 105 Å². The number of hydrogen-bond donors (Lipinski definition) is 1. The Labute approximate surface area is 212 Å². The van der Waals surface area contributed by atoms with Gasteiger partial charge in [0.05, 0.1) is 5.25 Å². The van der Waals surface area contributed by atoms with Crippen LogP contribution in [0.3, 0.4) is 0 Å². The largest absolute Gasteiger partial charge is 0.321 e. The monoisotopic (exact) mass is 507 g/mol. The molecule has 0 aromatic heterocycles. The molecule has 1 saturated heterocycles. The van der Waals surface area contributed by atoms with Crippen molar-refractivity contribution in [2.45, 2.75) is 18.6 Å². The smallest absolute Gasteiger partial charge is 0.269 e. The minimum atomic E-state index is -0.580. The van der Waals surface area contributed by atoms with Crippen molar-refractivity contribution >= 4 is 58.2 Å². The van der Waals surface area contributed by atoms with Gasteiger partial charge in [-0.2, -0.15) is 5.26 Å². The highest BCUT2D eigenvalue weighted by atomic mass is 35.5. The second-order valence-corrected chi connectivity index (χ2v) is 9.77. The van der Waals surface area contributed by atoms with Crippen LogP contribution < -0.4 is 10.2 Å². The van der Waals surface area contributed by atoms with Crippen molar-refractivity contribution in [2.75, 3.05) is 10.2 Å². The van der Waals surface area contributed by atoms with Gasteiger partial charge in [-0.05, 0) is 67.4 Å². The number of amides is 2. The Morgan fingerprint density at radius 3 is 2.41 bits per heavy atom. The van der Waals surface area contributed by atoms with Crippen LogP contribution in [-0.2, 0) is 16.0 Å². The minimum absolute atomic E-state index is 0.137. The van der Waals surface area contributed by atoms with Gasteiger partial charge in [0.15, 0.2) is 0 Å². The number of anilines is 2. The van der Waals surface area contributed by atoms with E-state index in [1.165, 1.54) is 16.7 Å². The van der Waals surface area contributed by atoms with Gasteiger partial charge in [-0.25, -0.2) is 0 Å². The van der Waals surface area contributed by atoms with Gasteiger partial charge in [0.25, 0.3) is 5.91 Å². The van der Waals surface area contributed by atoms with Crippen molar-refractivity contribution in [3.8, 4) is 6.07 Å². The molecule has 5 nitrogen and oxygen atoms in total. The zero-order valence-electron chi connectivity index (χ0n) is 18.1. The summed E-state index contributed by atoms with van der Waals surface area (Å²) < 4.78 is 0. The van der Waals surface area contributed by atoms with E-state index in [9.17, 15) is 14.9 Å². The van der Waals surface area contributed by atoms with Crippen LogP contribution in [0.4, 0.5) is 11.4 Å². The van der Waals surface area contributed by atoms with Gasteiger partial charge in [-0.3, -0.25) is 14.5 Å². The molecule has 1 aliphatic rings. The lowest BCUT2D eigenvalue weighted by Crippen LogP contribution is -2.30. The highest BCUT2D eigenvalue weighted by Gasteiger charge is 2.40. The van der Waals surface area contributed by atoms with Crippen LogP contribution >= 0.6 is 35.0 Å². The Balaban J connectivity index is 1.72. The third-order valence-electron chi connectivity index (χ3n) is 5.21. The van der Waals surface area contributed by atoms with E-state index in [-0.39, 0.29) is 16.5 Å². The molecule has 1 fully saturated rings. The molecular weight excluding hydrogens is 489 g/mol. The molecule has 0 aliphatic carbocycles. The third-order valence-corrected chi connectivity index (χ3v) is 6.96. The number of nitrogens with one attached hydrogen (secondary N) is 1. The molecule has 0 spiro atoms. The van der Waals surface area contributed by atoms with Gasteiger partial charge in [0.1, 0.15) is 16.7 Å². The maximum atomic E-state index is 13.5. The summed E-state index contributed by atoms with van der Waals surface area (Å²) in [5.74, 6) is -0.804. The van der Waals surface area contributed by atoms with Gasteiger partial charge < -0.3 is 5.32 Å². The molecule has 0 unspecified atom stereocenters. The van der Waals surface area contributed by atoms with Crippen LogP contribution in [-0.4, -0.2) is 17.1 Å². The predicted molar refractivity (Wildman–Crippen MR) is 138 cm³/mol. The van der Waals surface area contributed by atoms with Crippen molar-refractivity contribution in [3.63, 3.8) is 0 Å². The molecule has 3 aromatic rings. The summed E-state index contributed by atoms with van der Waals surface area (Å²) in [6.07, 6.45) is 0.399. The van der Waals surface area contributed by atoms with Gasteiger partial charge in [-0.15, -0.1) is 0 Å². The van der Waals surface area contributed by atoms with Crippen LogP contribution in [0.1, 0.15) is 11.1 Å². The molecule has 1 aliphatic heterocycles. The number of thioether (sulfide) groups is 1. The molecule has 34 heavy (non-hydrogen) atoms. The van der Waals surface area contributed by atoms with E-state index in [1.807, 2.05) is 37.3 Å².